The fourth-order valence-corrected chi connectivity index (χ4v) is 9.68. The molecule has 21 N–H and O–H groups in total. The third-order valence-corrected chi connectivity index (χ3v) is 14.0. The van der Waals surface area contributed by atoms with E-state index in [0.717, 1.165) is 6.08 Å². The van der Waals surface area contributed by atoms with Gasteiger partial charge in [-0.2, -0.15) is 0 Å². The monoisotopic (exact) mass is 1130 g/mol. The van der Waals surface area contributed by atoms with E-state index in [9.17, 15) is 112 Å². The molecule has 0 spiro atoms. The van der Waals surface area contributed by atoms with Crippen molar-refractivity contribution in [3.63, 3.8) is 0 Å². The smallest absolute Gasteiger partial charge is 0.229 e. The van der Waals surface area contributed by atoms with Crippen molar-refractivity contribution in [2.45, 2.75) is 203 Å². The number of carbonyl (C=O) groups excluding carboxylic acids is 1. The van der Waals surface area contributed by atoms with E-state index < -0.39 is 248 Å². The minimum absolute atomic E-state index is 0.189. The molecule has 7 rings (SSSR count). The molecule has 0 aliphatic carbocycles. The first kappa shape index (κ1) is 62.5. The van der Waals surface area contributed by atoms with Crippen molar-refractivity contribution in [2.24, 2.45) is 0 Å². The highest BCUT2D eigenvalue weighted by Crippen LogP contribution is 2.37. The number of aliphatic hydroxyl groups excluding tert-OH is 21. The highest BCUT2D eigenvalue weighted by atomic mass is 16.8. The van der Waals surface area contributed by atoms with E-state index in [0.29, 0.717) is 0 Å². The van der Waals surface area contributed by atoms with Gasteiger partial charge in [0, 0.05) is 0 Å². The van der Waals surface area contributed by atoms with E-state index in [4.69, 9.17) is 61.6 Å². The minimum Gasteiger partial charge on any atom is -0.459 e. The quantitative estimate of drug-likeness (QED) is 0.0534. The number of carbonyl (C=O) groups is 1. The summed E-state index contributed by atoms with van der Waals surface area (Å²) in [6.07, 6.45) is -62.4. The van der Waals surface area contributed by atoms with E-state index in [1.54, 1.807) is 0 Å². The van der Waals surface area contributed by atoms with Gasteiger partial charge in [0.05, 0.1) is 39.6 Å². The lowest BCUT2D eigenvalue weighted by atomic mass is 9.95. The Hall–Kier alpha value is -2.11. The molecule has 0 aromatic heterocycles. The van der Waals surface area contributed by atoms with E-state index in [1.165, 1.54) is 0 Å². The highest BCUT2D eigenvalue weighted by molar-refractivity contribution is 5.70. The normalized spacial score (nSPS) is 51.9. The molecule has 446 valence electrons. The lowest BCUT2D eigenvalue weighted by Crippen LogP contribution is -2.68. The molecule has 0 bridgehead atoms. The third-order valence-electron chi connectivity index (χ3n) is 14.0. The van der Waals surface area contributed by atoms with E-state index in [-0.39, 0.29) is 6.29 Å². The van der Waals surface area contributed by atoms with Crippen molar-refractivity contribution in [3.8, 4) is 0 Å². The van der Waals surface area contributed by atoms with E-state index in [1.807, 2.05) is 0 Å². The summed E-state index contributed by atoms with van der Waals surface area (Å²) >= 11 is 0. The summed E-state index contributed by atoms with van der Waals surface area (Å²) in [5.74, 6) is -0.450. The summed E-state index contributed by atoms with van der Waals surface area (Å²) in [4.78, 5) is 11.2. The van der Waals surface area contributed by atoms with Crippen molar-refractivity contribution < 1.29 is 174 Å². The van der Waals surface area contributed by atoms with Crippen molar-refractivity contribution in [1.29, 1.82) is 0 Å². The minimum atomic E-state index is -2.22. The molecule has 7 aliphatic heterocycles. The molecule has 0 aromatic carbocycles. The molecule has 7 heterocycles. The second-order valence-corrected chi connectivity index (χ2v) is 19.0. The van der Waals surface area contributed by atoms with Gasteiger partial charge in [0.2, 0.25) is 6.29 Å². The van der Waals surface area contributed by atoms with Gasteiger partial charge in [0.1, 0.15) is 159 Å². The number of rotatable bonds is 19. The van der Waals surface area contributed by atoms with Gasteiger partial charge >= 0.3 is 0 Å². The Labute approximate surface area is 433 Å². The second kappa shape index (κ2) is 26.9. The van der Waals surface area contributed by atoms with Crippen molar-refractivity contribution in [2.75, 3.05) is 39.6 Å². The fourth-order valence-electron chi connectivity index (χ4n) is 9.68. The van der Waals surface area contributed by atoms with E-state index >= 15 is 0 Å². The molecule has 77 heavy (non-hydrogen) atoms. The lowest BCUT2D eigenvalue weighted by Gasteiger charge is -2.50. The Bertz CT molecular complexity index is 1870. The Morgan fingerprint density at radius 3 is 0.805 bits per heavy atom. The summed E-state index contributed by atoms with van der Waals surface area (Å²) < 4.78 is 71.8. The Morgan fingerprint density at radius 1 is 0.325 bits per heavy atom. The third kappa shape index (κ3) is 12.9. The highest BCUT2D eigenvalue weighted by Gasteiger charge is 2.58. The van der Waals surface area contributed by atoms with Crippen LogP contribution in [0.25, 0.3) is 0 Å². The molecule has 0 unspecified atom stereocenters. The number of ether oxygens (including phenoxy) is 13. The molecule has 6 fully saturated rings. The number of aldehydes is 1. The lowest BCUT2D eigenvalue weighted by molar-refractivity contribution is -0.396. The molecule has 33 atom stereocenters. The Kier molecular flexibility index (Phi) is 21.8. The number of hydrogen-bond donors (Lipinski definition) is 21. The molecular weight excluding hydrogens is 1060 g/mol. The van der Waals surface area contributed by atoms with Crippen LogP contribution in [-0.2, 0) is 66.4 Å². The molecular formula is C42H68O35. The zero-order chi connectivity index (χ0) is 56.5. The maximum Gasteiger partial charge on any atom is 0.229 e. The predicted octanol–water partition coefficient (Wildman–Crippen LogP) is -14.9. The van der Waals surface area contributed by atoms with Gasteiger partial charge in [0.15, 0.2) is 49.8 Å². The van der Waals surface area contributed by atoms with Crippen molar-refractivity contribution in [1.82, 2.24) is 0 Å². The van der Waals surface area contributed by atoms with Crippen LogP contribution in [0.4, 0.5) is 0 Å². The van der Waals surface area contributed by atoms with Gasteiger partial charge < -0.3 is 169 Å². The average molecular weight is 1130 g/mol. The average Bonchev–Trinajstić information content (AvgIpc) is 3.43. The molecule has 6 saturated heterocycles. The molecule has 7 aliphatic rings. The zero-order valence-electron chi connectivity index (χ0n) is 40.1. The molecule has 35 nitrogen and oxygen atoms in total. The standard InChI is InChI=1S/C42H68O35/c43-2-9-1-10(50)17(51)37(65-9)72-31-12(4-45)67-39(25(59)19(31)53)74-33-14(6-47)69-41(27(61)21(33)55)76-35-16(8-49)71-42(29(63)23(35)57)77-34-15(7-48)70-40(28(62)22(34)56)75-32-13(5-46)68-38(26(60)20(32)54)73-30-11(3-44)66-36(64)24(58)18(30)52/h1-2,10-42,44-64H,3-8H2/t10-,11+,12+,13+,14+,15+,16+,17+,18+,19+,20+,21+,22+,23+,24+,25+,26+,27+,28+,29+,30+,31+,32+,33+,34+,35+,36-,37+,38+,39+,40+,41+,42+/m0/s1. The van der Waals surface area contributed by atoms with Crippen LogP contribution in [0.5, 0.6) is 0 Å². The van der Waals surface area contributed by atoms with Gasteiger partial charge in [-0.25, -0.2) is 0 Å². The summed E-state index contributed by atoms with van der Waals surface area (Å²) in [5.41, 5.74) is 0. The first-order chi connectivity index (χ1) is 36.6. The van der Waals surface area contributed by atoms with Gasteiger partial charge in [0.25, 0.3) is 0 Å². The molecule has 0 aromatic rings. The van der Waals surface area contributed by atoms with Gasteiger partial charge in [-0.1, -0.05) is 0 Å². The van der Waals surface area contributed by atoms with Crippen molar-refractivity contribution in [3.05, 3.63) is 11.8 Å². The molecule has 0 radical (unpaired) electrons. The molecule has 0 saturated carbocycles. The Balaban J connectivity index is 0.948. The van der Waals surface area contributed by atoms with Gasteiger partial charge in [-0.15, -0.1) is 0 Å². The van der Waals surface area contributed by atoms with Crippen LogP contribution in [0, 0.1) is 0 Å². The van der Waals surface area contributed by atoms with Gasteiger partial charge in [-0.05, 0) is 6.08 Å². The Morgan fingerprint density at radius 2 is 0.558 bits per heavy atom. The summed E-state index contributed by atoms with van der Waals surface area (Å²) in [6, 6.07) is 0. The SMILES string of the molecule is O=CC1=C[C@H](O)[C@@H](O)[C@@H](O[C@H]2[C@H](O)[C@@H](O)[C@@H](O[C@H]3[C@H](O)[C@@H](O)[C@@H](O[C@H]4[C@H](O)[C@@H](O)[C@@H](O[C@H]5[C@H](O)[C@@H](O)[C@@H](O[C@H]6[C@H](O)[C@@H](O)[C@@H](O[C@H]7[C@H](O)[C@@H](O)[C@@H](O)O[C@@H]7CO)O[C@@H]6CO)O[C@@H]5CO)O[C@@H]4CO)O[C@@H]3CO)O[C@@H]2CO)O1. The summed E-state index contributed by atoms with van der Waals surface area (Å²) in [7, 11) is 0. The van der Waals surface area contributed by atoms with Crippen LogP contribution >= 0.6 is 0 Å². The topological polar surface area (TPSA) is 562 Å². The van der Waals surface area contributed by atoms with Gasteiger partial charge in [-0.3, -0.25) is 4.79 Å². The molecule has 0 amide bonds. The number of hydrogen-bond acceptors (Lipinski definition) is 35. The van der Waals surface area contributed by atoms with Crippen LogP contribution in [-0.4, -0.2) is 356 Å². The van der Waals surface area contributed by atoms with E-state index in [2.05, 4.69) is 0 Å². The maximum absolute atomic E-state index is 11.3. The van der Waals surface area contributed by atoms with Crippen LogP contribution in [0.2, 0.25) is 0 Å². The maximum atomic E-state index is 11.3. The van der Waals surface area contributed by atoms with Crippen LogP contribution in [0.3, 0.4) is 0 Å². The first-order valence-electron chi connectivity index (χ1n) is 24.1. The number of aliphatic hydroxyl groups is 21. The van der Waals surface area contributed by atoms with Crippen LogP contribution in [0.15, 0.2) is 11.8 Å². The van der Waals surface area contributed by atoms with Crippen molar-refractivity contribution >= 4 is 6.29 Å². The fraction of sp³-hybridized carbons (Fsp3) is 0.929. The molecule has 35 heteroatoms. The second-order valence-electron chi connectivity index (χ2n) is 19.0. The first-order valence-corrected chi connectivity index (χ1v) is 24.1. The van der Waals surface area contributed by atoms with Crippen LogP contribution < -0.4 is 0 Å². The summed E-state index contributed by atoms with van der Waals surface area (Å²) in [6.45, 7) is -5.97. The zero-order valence-corrected chi connectivity index (χ0v) is 40.1. The van der Waals surface area contributed by atoms with Crippen LogP contribution in [0.1, 0.15) is 0 Å². The summed E-state index contributed by atoms with van der Waals surface area (Å²) in [5, 5.41) is 223. The predicted molar refractivity (Wildman–Crippen MR) is 229 cm³/mol. The number of allylic oxidation sites excluding steroid dienone is 1. The largest absolute Gasteiger partial charge is 0.459 e.